The number of nitrogens with one attached hydrogen (secondary N) is 1. The Kier molecular flexibility index (Phi) is 6.57. The van der Waals surface area contributed by atoms with E-state index >= 15 is 0 Å². The van der Waals surface area contributed by atoms with Crippen LogP contribution in [0.2, 0.25) is 0 Å². The maximum Gasteiger partial charge on any atom is 0.252 e. The van der Waals surface area contributed by atoms with Gasteiger partial charge in [-0.3, -0.25) is 4.79 Å². The second-order valence-corrected chi connectivity index (χ2v) is 8.31. The van der Waals surface area contributed by atoms with Crippen molar-refractivity contribution >= 4 is 28.3 Å². The third-order valence-electron chi connectivity index (χ3n) is 4.89. The molecule has 0 bridgehead atoms. The Morgan fingerprint density at radius 2 is 2.19 bits per heavy atom. The molecule has 0 atom stereocenters. The molecule has 0 spiro atoms. The quantitative estimate of drug-likeness (QED) is 0.395. The first kappa shape index (κ1) is 21.0. The van der Waals surface area contributed by atoms with Gasteiger partial charge in [0.05, 0.1) is 30.3 Å². The van der Waals surface area contributed by atoms with E-state index in [9.17, 15) is 4.79 Å². The molecule has 1 N–H and O–H groups in total. The number of aryl methyl sites for hydroxylation is 1. The van der Waals surface area contributed by atoms with Crippen molar-refractivity contribution in [2.45, 2.75) is 39.8 Å². The van der Waals surface area contributed by atoms with E-state index in [1.165, 1.54) is 4.88 Å². The van der Waals surface area contributed by atoms with E-state index in [0.717, 1.165) is 29.5 Å². The fraction of sp³-hybridized carbons (Fsp3) is 0.304. The smallest absolute Gasteiger partial charge is 0.252 e. The number of carbonyl (C=O) groups is 1. The summed E-state index contributed by atoms with van der Waals surface area (Å²) in [5.74, 6) is 0.394. The van der Waals surface area contributed by atoms with Crippen molar-refractivity contribution in [3.05, 3.63) is 69.8 Å². The van der Waals surface area contributed by atoms with Gasteiger partial charge in [0.1, 0.15) is 0 Å². The van der Waals surface area contributed by atoms with E-state index in [-0.39, 0.29) is 5.91 Å². The van der Waals surface area contributed by atoms with Crippen molar-refractivity contribution in [2.24, 2.45) is 0 Å². The minimum Gasteiger partial charge on any atom is -0.477 e. The number of hydrogen-bond donors (Lipinski definition) is 1. The molecule has 0 unspecified atom stereocenters. The van der Waals surface area contributed by atoms with Gasteiger partial charge in [-0.2, -0.15) is 5.10 Å². The van der Waals surface area contributed by atoms with Gasteiger partial charge in [-0.05, 0) is 36.9 Å². The van der Waals surface area contributed by atoms with Crippen LogP contribution in [0.4, 0.5) is 0 Å². The van der Waals surface area contributed by atoms with Gasteiger partial charge in [0.25, 0.3) is 5.91 Å². The summed E-state index contributed by atoms with van der Waals surface area (Å²) in [7, 11) is 0. The van der Waals surface area contributed by atoms with Crippen molar-refractivity contribution in [3.8, 4) is 5.88 Å². The van der Waals surface area contributed by atoms with E-state index in [4.69, 9.17) is 4.74 Å². The number of rotatable bonds is 9. The SMILES string of the molecule is CCCCOc1ncccc1CNC(=O)c1cc(C)nc2c1cnn2Cc1cccs1. The molecule has 0 saturated heterocycles. The van der Waals surface area contributed by atoms with Gasteiger partial charge < -0.3 is 10.1 Å². The predicted molar refractivity (Wildman–Crippen MR) is 121 cm³/mol. The maximum atomic E-state index is 13.0. The highest BCUT2D eigenvalue weighted by molar-refractivity contribution is 7.09. The molecule has 0 aliphatic heterocycles. The van der Waals surface area contributed by atoms with Gasteiger partial charge >= 0.3 is 0 Å². The minimum atomic E-state index is -0.172. The standard InChI is InChI=1S/C23H25N5O2S/c1-3-4-10-30-23-17(7-5-9-24-23)13-25-22(29)19-12-16(2)27-21-20(19)14-26-28(21)15-18-8-6-11-31-18/h5-9,11-12,14H,3-4,10,13,15H2,1-2H3,(H,25,29). The lowest BCUT2D eigenvalue weighted by atomic mass is 10.1. The molecular weight excluding hydrogens is 410 g/mol. The summed E-state index contributed by atoms with van der Waals surface area (Å²) in [4.78, 5) is 23.2. The van der Waals surface area contributed by atoms with Gasteiger partial charge in [0.15, 0.2) is 5.65 Å². The highest BCUT2D eigenvalue weighted by Crippen LogP contribution is 2.21. The molecule has 7 nitrogen and oxygen atoms in total. The average Bonchev–Trinajstić information content (AvgIpc) is 3.43. The fourth-order valence-corrected chi connectivity index (χ4v) is 3.98. The van der Waals surface area contributed by atoms with Crippen molar-refractivity contribution in [1.29, 1.82) is 0 Å². The summed E-state index contributed by atoms with van der Waals surface area (Å²) in [5, 5.41) is 10.3. The number of hydrogen-bond acceptors (Lipinski definition) is 6. The van der Waals surface area contributed by atoms with Gasteiger partial charge in [0.2, 0.25) is 5.88 Å². The van der Waals surface area contributed by atoms with E-state index < -0.39 is 0 Å². The van der Waals surface area contributed by atoms with Crippen LogP contribution in [0.15, 0.2) is 48.1 Å². The molecule has 4 aromatic rings. The fourth-order valence-electron chi connectivity index (χ4n) is 3.30. The molecular formula is C23H25N5O2S. The lowest BCUT2D eigenvalue weighted by Gasteiger charge is -2.11. The van der Waals surface area contributed by atoms with Gasteiger partial charge in [-0.15, -0.1) is 11.3 Å². The number of ether oxygens (including phenoxy) is 1. The van der Waals surface area contributed by atoms with Crippen molar-refractivity contribution in [3.63, 3.8) is 0 Å². The number of aromatic nitrogens is 4. The third kappa shape index (κ3) is 4.91. The van der Waals surface area contributed by atoms with E-state index in [1.807, 2.05) is 35.2 Å². The first-order valence-electron chi connectivity index (χ1n) is 10.4. The summed E-state index contributed by atoms with van der Waals surface area (Å²) in [5.41, 5.74) is 2.90. The Hall–Kier alpha value is -3.26. The van der Waals surface area contributed by atoms with Gasteiger partial charge in [-0.25, -0.2) is 14.6 Å². The number of thiophene rings is 1. The molecule has 8 heteroatoms. The number of fused-ring (bicyclic) bond motifs is 1. The maximum absolute atomic E-state index is 13.0. The summed E-state index contributed by atoms with van der Waals surface area (Å²) in [6.45, 7) is 5.58. The summed E-state index contributed by atoms with van der Waals surface area (Å²) < 4.78 is 7.61. The zero-order valence-corrected chi connectivity index (χ0v) is 18.5. The molecule has 4 aromatic heterocycles. The zero-order chi connectivity index (χ0) is 21.6. The lowest BCUT2D eigenvalue weighted by Crippen LogP contribution is -2.24. The number of amides is 1. The molecule has 31 heavy (non-hydrogen) atoms. The topological polar surface area (TPSA) is 81.9 Å². The normalized spacial score (nSPS) is 11.0. The Morgan fingerprint density at radius 1 is 1.29 bits per heavy atom. The van der Waals surface area contributed by atoms with Crippen LogP contribution >= 0.6 is 11.3 Å². The second kappa shape index (κ2) is 9.70. The van der Waals surface area contributed by atoms with Crippen LogP contribution in [-0.2, 0) is 13.1 Å². The summed E-state index contributed by atoms with van der Waals surface area (Å²) in [6, 6.07) is 9.65. The van der Waals surface area contributed by atoms with E-state index in [1.54, 1.807) is 29.8 Å². The first-order valence-corrected chi connectivity index (χ1v) is 11.2. The molecule has 0 fully saturated rings. The molecule has 0 aliphatic carbocycles. The zero-order valence-electron chi connectivity index (χ0n) is 17.7. The van der Waals surface area contributed by atoms with Crippen LogP contribution in [0.3, 0.4) is 0 Å². The second-order valence-electron chi connectivity index (χ2n) is 7.28. The first-order chi connectivity index (χ1) is 15.2. The van der Waals surface area contributed by atoms with Crippen molar-refractivity contribution in [2.75, 3.05) is 6.61 Å². The lowest BCUT2D eigenvalue weighted by molar-refractivity contribution is 0.0952. The Bertz CT molecular complexity index is 1170. The average molecular weight is 436 g/mol. The van der Waals surface area contributed by atoms with Crippen LogP contribution in [0.25, 0.3) is 11.0 Å². The van der Waals surface area contributed by atoms with Crippen molar-refractivity contribution < 1.29 is 9.53 Å². The molecule has 0 aromatic carbocycles. The largest absolute Gasteiger partial charge is 0.477 e. The molecule has 4 rings (SSSR count). The molecule has 160 valence electrons. The molecule has 4 heterocycles. The molecule has 1 amide bonds. The monoisotopic (exact) mass is 435 g/mol. The summed E-state index contributed by atoms with van der Waals surface area (Å²) >= 11 is 1.67. The minimum absolute atomic E-state index is 0.172. The number of unbranched alkanes of at least 4 members (excludes halogenated alkanes) is 1. The predicted octanol–water partition coefficient (Wildman–Crippen LogP) is 4.35. The van der Waals surface area contributed by atoms with Crippen molar-refractivity contribution in [1.82, 2.24) is 25.1 Å². The Balaban J connectivity index is 1.53. The number of carbonyl (C=O) groups excluding carboxylic acids is 1. The van der Waals surface area contributed by atoms with Crippen LogP contribution in [-0.4, -0.2) is 32.3 Å². The number of pyridine rings is 2. The van der Waals surface area contributed by atoms with Crippen LogP contribution < -0.4 is 10.1 Å². The highest BCUT2D eigenvalue weighted by Gasteiger charge is 2.17. The van der Waals surface area contributed by atoms with Crippen LogP contribution in [0.1, 0.15) is 46.3 Å². The highest BCUT2D eigenvalue weighted by atomic mass is 32.1. The van der Waals surface area contributed by atoms with E-state index in [2.05, 4.69) is 33.4 Å². The molecule has 0 radical (unpaired) electrons. The van der Waals surface area contributed by atoms with Crippen LogP contribution in [0.5, 0.6) is 5.88 Å². The van der Waals surface area contributed by atoms with Gasteiger partial charge in [-0.1, -0.05) is 25.5 Å². The summed E-state index contributed by atoms with van der Waals surface area (Å²) in [6.07, 6.45) is 5.43. The van der Waals surface area contributed by atoms with Crippen LogP contribution in [0, 0.1) is 6.92 Å². The Labute approximate surface area is 185 Å². The van der Waals surface area contributed by atoms with E-state index in [0.29, 0.717) is 36.8 Å². The molecule has 0 saturated carbocycles. The number of nitrogens with zero attached hydrogens (tertiary/aromatic N) is 4. The molecule has 0 aliphatic rings. The third-order valence-corrected chi connectivity index (χ3v) is 5.75. The Morgan fingerprint density at radius 3 is 3.00 bits per heavy atom. The van der Waals surface area contributed by atoms with Gasteiger partial charge in [0, 0.05) is 28.9 Å².